The maximum absolute atomic E-state index is 5.76. The molecule has 1 aliphatic heterocycles. The van der Waals surface area contributed by atoms with Gasteiger partial charge in [-0.25, -0.2) is 4.57 Å². The summed E-state index contributed by atoms with van der Waals surface area (Å²) in [6, 6.07) is 15.0. The van der Waals surface area contributed by atoms with Crippen LogP contribution >= 0.6 is 0 Å². The first-order valence-electron chi connectivity index (χ1n) is 6.89. The van der Waals surface area contributed by atoms with Crippen LogP contribution in [0.1, 0.15) is 12.8 Å². The molecular formula is C16H20ClN3. The predicted molar refractivity (Wildman–Crippen MR) is 77.9 cm³/mol. The lowest BCUT2D eigenvalue weighted by atomic mass is 10.2. The molecule has 1 fully saturated rings. The van der Waals surface area contributed by atoms with E-state index in [0.29, 0.717) is 6.04 Å². The zero-order chi connectivity index (χ0) is 13.1. The van der Waals surface area contributed by atoms with Crippen LogP contribution in [0.4, 0.5) is 11.4 Å². The van der Waals surface area contributed by atoms with Crippen LogP contribution in [-0.2, 0) is 6.54 Å². The predicted octanol–water partition coefficient (Wildman–Crippen LogP) is -0.771. The topological polar surface area (TPSA) is 33.1 Å². The van der Waals surface area contributed by atoms with Crippen LogP contribution in [0, 0.1) is 0 Å². The molecule has 1 aromatic carbocycles. The molecule has 1 atom stereocenters. The fraction of sp³-hybridized carbons (Fsp3) is 0.312. The van der Waals surface area contributed by atoms with Gasteiger partial charge < -0.3 is 23.0 Å². The van der Waals surface area contributed by atoms with Gasteiger partial charge in [0.2, 0.25) is 0 Å². The highest BCUT2D eigenvalue weighted by Gasteiger charge is 2.27. The van der Waals surface area contributed by atoms with Crippen molar-refractivity contribution in [2.24, 2.45) is 0 Å². The summed E-state index contributed by atoms with van der Waals surface area (Å²) in [4.78, 5) is 2.50. The Morgan fingerprint density at radius 3 is 2.50 bits per heavy atom. The maximum atomic E-state index is 5.76. The van der Waals surface area contributed by atoms with Gasteiger partial charge in [-0.15, -0.1) is 0 Å². The summed E-state index contributed by atoms with van der Waals surface area (Å²) in [6.07, 6.45) is 6.80. The normalized spacial score (nSPS) is 17.8. The lowest BCUT2D eigenvalue weighted by Crippen LogP contribution is -3.00. The zero-order valence-electron chi connectivity index (χ0n) is 11.5. The quantitative estimate of drug-likeness (QED) is 0.595. The monoisotopic (exact) mass is 289 g/mol. The fourth-order valence-electron chi connectivity index (χ4n) is 2.83. The molecule has 20 heavy (non-hydrogen) atoms. The van der Waals surface area contributed by atoms with Gasteiger partial charge in [0.1, 0.15) is 0 Å². The van der Waals surface area contributed by atoms with Crippen LogP contribution in [0.25, 0.3) is 0 Å². The lowest BCUT2D eigenvalue weighted by molar-refractivity contribution is -0.698. The summed E-state index contributed by atoms with van der Waals surface area (Å²) in [5.74, 6) is 0. The number of nitrogen functional groups attached to an aromatic ring is 1. The minimum absolute atomic E-state index is 0. The van der Waals surface area contributed by atoms with E-state index < -0.39 is 0 Å². The van der Waals surface area contributed by atoms with E-state index in [2.05, 4.69) is 52.2 Å². The standard InChI is InChI=1S/C16H20N3.ClH/c17-14-6-8-15(9-7-14)19-12-4-5-16(19)13-18-10-2-1-3-11-18;/h1-3,6-11,16H,4-5,12-13,17H2;1H/q+1;/p-1. The Bertz CT molecular complexity index is 527. The Morgan fingerprint density at radius 2 is 1.80 bits per heavy atom. The molecule has 2 heterocycles. The molecule has 2 aromatic rings. The van der Waals surface area contributed by atoms with Crippen LogP contribution in [0.2, 0.25) is 0 Å². The van der Waals surface area contributed by atoms with Crippen molar-refractivity contribution in [2.75, 3.05) is 17.2 Å². The molecule has 0 radical (unpaired) electrons. The summed E-state index contributed by atoms with van der Waals surface area (Å²) >= 11 is 0. The SMILES string of the molecule is Nc1ccc(N2CCCC2C[n+]2ccccc2)cc1.[Cl-]. The van der Waals surface area contributed by atoms with Gasteiger partial charge in [0.25, 0.3) is 0 Å². The van der Waals surface area contributed by atoms with E-state index in [0.717, 1.165) is 18.8 Å². The van der Waals surface area contributed by atoms with Crippen molar-refractivity contribution in [2.45, 2.75) is 25.4 Å². The molecule has 0 aliphatic carbocycles. The van der Waals surface area contributed by atoms with Gasteiger partial charge >= 0.3 is 0 Å². The van der Waals surface area contributed by atoms with E-state index in [9.17, 15) is 0 Å². The Kier molecular flexibility index (Phi) is 4.85. The number of aromatic nitrogens is 1. The molecule has 1 aliphatic rings. The molecule has 2 N–H and O–H groups in total. The van der Waals surface area contributed by atoms with Crippen molar-refractivity contribution >= 4 is 11.4 Å². The molecule has 0 spiro atoms. The van der Waals surface area contributed by atoms with E-state index in [4.69, 9.17) is 5.73 Å². The molecular weight excluding hydrogens is 270 g/mol. The maximum Gasteiger partial charge on any atom is 0.168 e. The summed E-state index contributed by atoms with van der Waals surface area (Å²) in [5, 5.41) is 0. The third-order valence-electron chi connectivity index (χ3n) is 3.80. The van der Waals surface area contributed by atoms with E-state index in [1.54, 1.807) is 0 Å². The number of hydrogen-bond acceptors (Lipinski definition) is 2. The Balaban J connectivity index is 0.00000147. The zero-order valence-corrected chi connectivity index (χ0v) is 12.2. The highest BCUT2D eigenvalue weighted by molar-refractivity contribution is 5.54. The minimum Gasteiger partial charge on any atom is -1.00 e. The number of pyridine rings is 1. The number of nitrogens with two attached hydrogens (primary N) is 1. The van der Waals surface area contributed by atoms with Crippen LogP contribution in [0.5, 0.6) is 0 Å². The number of nitrogens with zero attached hydrogens (tertiary/aromatic N) is 2. The average Bonchev–Trinajstić information content (AvgIpc) is 2.89. The first-order chi connectivity index (χ1) is 9.33. The van der Waals surface area contributed by atoms with Crippen molar-refractivity contribution < 1.29 is 17.0 Å². The molecule has 3 rings (SSSR count). The van der Waals surface area contributed by atoms with Gasteiger partial charge in [0, 0.05) is 30.1 Å². The molecule has 1 saturated heterocycles. The number of hydrogen-bond donors (Lipinski definition) is 1. The van der Waals surface area contributed by atoms with Crippen LogP contribution < -0.4 is 27.6 Å². The molecule has 1 unspecified atom stereocenters. The molecule has 106 valence electrons. The Hall–Kier alpha value is -1.74. The summed E-state index contributed by atoms with van der Waals surface area (Å²) in [5.41, 5.74) is 7.88. The molecule has 3 nitrogen and oxygen atoms in total. The van der Waals surface area contributed by atoms with Crippen molar-refractivity contribution in [3.63, 3.8) is 0 Å². The minimum atomic E-state index is 0. The smallest absolute Gasteiger partial charge is 0.168 e. The fourth-order valence-corrected chi connectivity index (χ4v) is 2.83. The van der Waals surface area contributed by atoms with Gasteiger partial charge in [-0.3, -0.25) is 0 Å². The first kappa shape index (κ1) is 14.7. The molecule has 0 bridgehead atoms. The second kappa shape index (κ2) is 6.62. The number of anilines is 2. The van der Waals surface area contributed by atoms with Crippen molar-refractivity contribution in [1.29, 1.82) is 0 Å². The van der Waals surface area contributed by atoms with E-state index in [1.165, 1.54) is 18.5 Å². The summed E-state index contributed by atoms with van der Waals surface area (Å²) < 4.78 is 2.26. The highest BCUT2D eigenvalue weighted by atomic mass is 35.5. The van der Waals surface area contributed by atoms with E-state index in [1.807, 2.05) is 12.1 Å². The second-order valence-electron chi connectivity index (χ2n) is 5.15. The lowest BCUT2D eigenvalue weighted by Gasteiger charge is -2.24. The largest absolute Gasteiger partial charge is 1.00 e. The number of benzene rings is 1. The van der Waals surface area contributed by atoms with E-state index in [-0.39, 0.29) is 12.4 Å². The Morgan fingerprint density at radius 1 is 1.10 bits per heavy atom. The van der Waals surface area contributed by atoms with Gasteiger partial charge in [-0.2, -0.15) is 0 Å². The van der Waals surface area contributed by atoms with Gasteiger partial charge in [0.05, 0.1) is 6.04 Å². The van der Waals surface area contributed by atoms with Gasteiger partial charge in [-0.05, 0) is 37.1 Å². The Labute approximate surface area is 126 Å². The summed E-state index contributed by atoms with van der Waals surface area (Å²) in [7, 11) is 0. The third-order valence-corrected chi connectivity index (χ3v) is 3.80. The van der Waals surface area contributed by atoms with Crippen molar-refractivity contribution in [3.05, 3.63) is 54.9 Å². The molecule has 1 aromatic heterocycles. The van der Waals surface area contributed by atoms with Crippen LogP contribution in [0.15, 0.2) is 54.9 Å². The molecule has 0 saturated carbocycles. The molecule has 0 amide bonds. The third kappa shape index (κ3) is 3.23. The van der Waals surface area contributed by atoms with Crippen molar-refractivity contribution in [1.82, 2.24) is 0 Å². The first-order valence-corrected chi connectivity index (χ1v) is 6.89. The summed E-state index contributed by atoms with van der Waals surface area (Å²) in [6.45, 7) is 2.19. The number of halogens is 1. The van der Waals surface area contributed by atoms with Crippen LogP contribution in [0.3, 0.4) is 0 Å². The van der Waals surface area contributed by atoms with Gasteiger partial charge in [0.15, 0.2) is 18.9 Å². The highest BCUT2D eigenvalue weighted by Crippen LogP contribution is 2.26. The van der Waals surface area contributed by atoms with Crippen LogP contribution in [-0.4, -0.2) is 12.6 Å². The molecule has 4 heteroatoms. The second-order valence-corrected chi connectivity index (χ2v) is 5.15. The van der Waals surface area contributed by atoms with Crippen molar-refractivity contribution in [3.8, 4) is 0 Å². The van der Waals surface area contributed by atoms with E-state index >= 15 is 0 Å². The van der Waals surface area contributed by atoms with Gasteiger partial charge in [-0.1, -0.05) is 6.07 Å². The average molecular weight is 290 g/mol. The number of rotatable bonds is 3.